The Kier molecular flexibility index (Phi) is 4.47. The topological polar surface area (TPSA) is 59.8 Å². The lowest BCUT2D eigenvalue weighted by molar-refractivity contribution is 0.102. The van der Waals surface area contributed by atoms with Crippen molar-refractivity contribution < 1.29 is 4.79 Å². The molecule has 0 saturated heterocycles. The van der Waals surface area contributed by atoms with Crippen LogP contribution in [-0.4, -0.2) is 20.7 Å². The minimum Gasteiger partial charge on any atom is -0.307 e. The second-order valence-corrected chi connectivity index (χ2v) is 6.94. The van der Waals surface area contributed by atoms with E-state index < -0.39 is 0 Å². The van der Waals surface area contributed by atoms with Gasteiger partial charge in [0.2, 0.25) is 0 Å². The van der Waals surface area contributed by atoms with Gasteiger partial charge in [-0.25, -0.2) is 9.67 Å². The molecule has 0 spiro atoms. The Hall–Kier alpha value is -2.66. The molecule has 6 heteroatoms. The molecule has 4 rings (SSSR count). The summed E-state index contributed by atoms with van der Waals surface area (Å²) in [6.45, 7) is 1.95. The van der Waals surface area contributed by atoms with E-state index in [4.69, 9.17) is 11.6 Å². The Morgan fingerprint density at radius 2 is 2.15 bits per heavy atom. The number of halogens is 1. The van der Waals surface area contributed by atoms with Crippen molar-refractivity contribution in [1.29, 1.82) is 0 Å². The molecule has 0 radical (unpaired) electrons. The van der Waals surface area contributed by atoms with Gasteiger partial charge in [0.25, 0.3) is 5.91 Å². The van der Waals surface area contributed by atoms with Gasteiger partial charge in [0.15, 0.2) is 0 Å². The Morgan fingerprint density at radius 3 is 3.00 bits per heavy atom. The van der Waals surface area contributed by atoms with Crippen molar-refractivity contribution in [3.8, 4) is 0 Å². The molecule has 26 heavy (non-hydrogen) atoms. The van der Waals surface area contributed by atoms with Crippen molar-refractivity contribution >= 4 is 23.3 Å². The highest BCUT2D eigenvalue weighted by Crippen LogP contribution is 2.35. The lowest BCUT2D eigenvalue weighted by Gasteiger charge is -2.27. The van der Waals surface area contributed by atoms with Gasteiger partial charge < -0.3 is 5.32 Å². The number of aromatic nitrogens is 3. The van der Waals surface area contributed by atoms with E-state index in [1.54, 1.807) is 18.3 Å². The minimum absolute atomic E-state index is 0.130. The zero-order valence-corrected chi connectivity index (χ0v) is 15.2. The highest BCUT2D eigenvalue weighted by Gasteiger charge is 2.25. The van der Waals surface area contributed by atoms with Crippen LogP contribution in [0.2, 0.25) is 5.15 Å². The summed E-state index contributed by atoms with van der Waals surface area (Å²) in [6, 6.07) is 11.8. The Bertz CT molecular complexity index is 966. The molecule has 0 saturated carbocycles. The van der Waals surface area contributed by atoms with Gasteiger partial charge in [0.05, 0.1) is 12.2 Å². The number of pyridine rings is 1. The lowest BCUT2D eigenvalue weighted by Crippen LogP contribution is -2.22. The average molecular weight is 367 g/mol. The van der Waals surface area contributed by atoms with Gasteiger partial charge in [-0.1, -0.05) is 35.9 Å². The number of anilines is 1. The molecule has 3 aromatic rings. The number of carbonyl (C=O) groups excluding carboxylic acids is 1. The van der Waals surface area contributed by atoms with Gasteiger partial charge in [-0.3, -0.25) is 4.79 Å². The van der Waals surface area contributed by atoms with Crippen molar-refractivity contribution in [3.63, 3.8) is 0 Å². The second kappa shape index (κ2) is 6.92. The molecular weight excluding hydrogens is 348 g/mol. The molecule has 1 unspecified atom stereocenters. The highest BCUT2D eigenvalue weighted by molar-refractivity contribution is 6.29. The summed E-state index contributed by atoms with van der Waals surface area (Å²) in [5.74, 6) is 0.507. The van der Waals surface area contributed by atoms with Crippen LogP contribution < -0.4 is 5.32 Å². The predicted octanol–water partition coefficient (Wildman–Crippen LogP) is 4.42. The van der Waals surface area contributed by atoms with Crippen LogP contribution in [0.15, 0.2) is 48.8 Å². The Morgan fingerprint density at radius 1 is 1.31 bits per heavy atom. The van der Waals surface area contributed by atoms with E-state index in [1.165, 1.54) is 17.3 Å². The molecule has 1 aliphatic carbocycles. The number of hydrogen-bond donors (Lipinski definition) is 1. The normalized spacial score (nSPS) is 16.2. The van der Waals surface area contributed by atoms with E-state index in [-0.39, 0.29) is 11.9 Å². The first-order valence-corrected chi connectivity index (χ1v) is 9.06. The zero-order valence-electron chi connectivity index (χ0n) is 14.4. The average Bonchev–Trinajstić information content (AvgIpc) is 3.01. The number of nitrogens with zero attached hydrogens (tertiary/aromatic N) is 3. The summed E-state index contributed by atoms with van der Waals surface area (Å²) < 4.78 is 1.94. The van der Waals surface area contributed by atoms with Crippen LogP contribution in [0.3, 0.4) is 0 Å². The van der Waals surface area contributed by atoms with Crippen LogP contribution in [0.1, 0.15) is 45.9 Å². The molecule has 0 bridgehead atoms. The first-order chi connectivity index (χ1) is 12.6. The van der Waals surface area contributed by atoms with Gasteiger partial charge in [-0.05, 0) is 49.4 Å². The van der Waals surface area contributed by atoms with Crippen molar-refractivity contribution in [2.24, 2.45) is 0 Å². The van der Waals surface area contributed by atoms with Crippen molar-refractivity contribution in [2.45, 2.75) is 32.2 Å². The molecule has 0 fully saturated rings. The SMILES string of the molecule is Cc1cnn(C2CCCc3ccccc32)c1NC(=O)c1ccnc(Cl)c1. The Balaban J connectivity index is 1.68. The van der Waals surface area contributed by atoms with Crippen molar-refractivity contribution in [1.82, 2.24) is 14.8 Å². The first-order valence-electron chi connectivity index (χ1n) is 8.68. The van der Waals surface area contributed by atoms with E-state index in [2.05, 4.69) is 39.7 Å². The highest BCUT2D eigenvalue weighted by atomic mass is 35.5. The number of benzene rings is 1. The summed E-state index contributed by atoms with van der Waals surface area (Å²) in [5, 5.41) is 7.87. The molecule has 1 amide bonds. The number of aryl methyl sites for hydroxylation is 2. The molecule has 1 aliphatic rings. The van der Waals surface area contributed by atoms with Crippen molar-refractivity contribution in [2.75, 3.05) is 5.32 Å². The molecule has 5 nitrogen and oxygen atoms in total. The zero-order chi connectivity index (χ0) is 18.1. The molecule has 1 atom stereocenters. The standard InChI is InChI=1S/C20H19ClN4O/c1-13-12-23-25(17-8-4-6-14-5-2-3-7-16(14)17)19(13)24-20(26)15-9-10-22-18(21)11-15/h2-3,5,7,9-12,17H,4,6,8H2,1H3,(H,24,26). The number of hydrogen-bond acceptors (Lipinski definition) is 3. The van der Waals surface area contributed by atoms with Gasteiger partial charge in [-0.15, -0.1) is 0 Å². The van der Waals surface area contributed by atoms with Crippen molar-refractivity contribution in [3.05, 3.63) is 76.2 Å². The van der Waals surface area contributed by atoms with Crippen LogP contribution in [0.5, 0.6) is 0 Å². The summed E-state index contributed by atoms with van der Waals surface area (Å²) in [6.07, 6.45) is 6.52. The Labute approximate surface area is 157 Å². The number of rotatable bonds is 3. The fourth-order valence-electron chi connectivity index (χ4n) is 3.55. The van der Waals surface area contributed by atoms with E-state index in [1.807, 2.05) is 11.6 Å². The molecule has 2 aromatic heterocycles. The number of nitrogens with one attached hydrogen (secondary N) is 1. The van der Waals surface area contributed by atoms with Crippen LogP contribution in [0.4, 0.5) is 5.82 Å². The van der Waals surface area contributed by atoms with E-state index in [0.29, 0.717) is 10.7 Å². The third-order valence-corrected chi connectivity index (χ3v) is 5.04. The maximum atomic E-state index is 12.7. The molecule has 132 valence electrons. The molecule has 1 aromatic carbocycles. The second-order valence-electron chi connectivity index (χ2n) is 6.55. The van der Waals surface area contributed by atoms with Crippen LogP contribution in [0, 0.1) is 6.92 Å². The van der Waals surface area contributed by atoms with Gasteiger partial charge in [0, 0.05) is 17.3 Å². The minimum atomic E-state index is -0.219. The fourth-order valence-corrected chi connectivity index (χ4v) is 3.72. The number of carbonyl (C=O) groups is 1. The first kappa shape index (κ1) is 16.8. The van der Waals surface area contributed by atoms with Crippen LogP contribution in [0.25, 0.3) is 0 Å². The summed E-state index contributed by atoms with van der Waals surface area (Å²) in [7, 11) is 0. The molecule has 0 aliphatic heterocycles. The number of amides is 1. The summed E-state index contributed by atoms with van der Waals surface area (Å²) >= 11 is 5.90. The van der Waals surface area contributed by atoms with Crippen LogP contribution in [-0.2, 0) is 6.42 Å². The third-order valence-electron chi connectivity index (χ3n) is 4.83. The van der Waals surface area contributed by atoms with E-state index >= 15 is 0 Å². The number of fused-ring (bicyclic) bond motifs is 1. The molecular formula is C20H19ClN4O. The van der Waals surface area contributed by atoms with Gasteiger partial charge in [0.1, 0.15) is 11.0 Å². The summed E-state index contributed by atoms with van der Waals surface area (Å²) in [5.41, 5.74) is 4.04. The lowest BCUT2D eigenvalue weighted by atomic mass is 9.88. The third kappa shape index (κ3) is 3.10. The van der Waals surface area contributed by atoms with E-state index in [9.17, 15) is 4.79 Å². The largest absolute Gasteiger partial charge is 0.307 e. The smallest absolute Gasteiger partial charge is 0.256 e. The summed E-state index contributed by atoms with van der Waals surface area (Å²) in [4.78, 5) is 16.6. The van der Waals surface area contributed by atoms with Gasteiger partial charge >= 0.3 is 0 Å². The fraction of sp³-hybridized carbons (Fsp3) is 0.250. The quantitative estimate of drug-likeness (QED) is 0.698. The molecule has 2 heterocycles. The van der Waals surface area contributed by atoms with Crippen LogP contribution >= 0.6 is 11.6 Å². The van der Waals surface area contributed by atoms with Gasteiger partial charge in [-0.2, -0.15) is 5.10 Å². The monoisotopic (exact) mass is 366 g/mol. The predicted molar refractivity (Wildman–Crippen MR) is 102 cm³/mol. The maximum Gasteiger partial charge on any atom is 0.256 e. The molecule has 1 N–H and O–H groups in total. The maximum absolute atomic E-state index is 12.7. The van der Waals surface area contributed by atoms with E-state index in [0.717, 1.165) is 30.6 Å².